The van der Waals surface area contributed by atoms with E-state index in [1.165, 1.54) is 0 Å². The first kappa shape index (κ1) is 13.2. The molecule has 0 fully saturated rings. The van der Waals surface area contributed by atoms with E-state index in [2.05, 4.69) is 9.97 Å². The van der Waals surface area contributed by atoms with E-state index < -0.39 is 0 Å². The molecule has 0 unspecified atom stereocenters. The molecule has 0 radical (unpaired) electrons. The number of ether oxygens (including phenoxy) is 1. The Hall–Kier alpha value is -2.82. The fourth-order valence-electron chi connectivity index (χ4n) is 2.44. The zero-order chi connectivity index (χ0) is 15.0. The van der Waals surface area contributed by atoms with Crippen LogP contribution in [0.2, 0.25) is 0 Å². The van der Waals surface area contributed by atoms with Crippen LogP contribution in [0.3, 0.4) is 0 Å². The SMILES string of the molecule is COc1cccc(-c2cc3cnc(N)cc3c(N)n2)c1C. The van der Waals surface area contributed by atoms with Crippen molar-refractivity contribution in [1.82, 2.24) is 9.97 Å². The molecule has 0 atom stereocenters. The van der Waals surface area contributed by atoms with Crippen LogP contribution in [0, 0.1) is 6.92 Å². The fourth-order valence-corrected chi connectivity index (χ4v) is 2.44. The summed E-state index contributed by atoms with van der Waals surface area (Å²) >= 11 is 0. The van der Waals surface area contributed by atoms with Crippen LogP contribution in [0.5, 0.6) is 5.75 Å². The molecule has 0 aliphatic carbocycles. The van der Waals surface area contributed by atoms with Gasteiger partial charge in [-0.2, -0.15) is 0 Å². The molecule has 0 saturated heterocycles. The second kappa shape index (κ2) is 4.94. The summed E-state index contributed by atoms with van der Waals surface area (Å²) in [4.78, 5) is 8.60. The number of rotatable bonds is 2. The van der Waals surface area contributed by atoms with Gasteiger partial charge in [0, 0.05) is 28.1 Å². The summed E-state index contributed by atoms with van der Waals surface area (Å²) in [5.74, 6) is 1.70. The highest BCUT2D eigenvalue weighted by Gasteiger charge is 2.11. The van der Waals surface area contributed by atoms with Crippen LogP contribution < -0.4 is 16.2 Å². The minimum atomic E-state index is 0.432. The zero-order valence-electron chi connectivity index (χ0n) is 11.9. The second-order valence-corrected chi connectivity index (χ2v) is 4.86. The summed E-state index contributed by atoms with van der Waals surface area (Å²) in [7, 11) is 1.65. The molecule has 0 spiro atoms. The van der Waals surface area contributed by atoms with Gasteiger partial charge in [0.25, 0.3) is 0 Å². The molecule has 0 amide bonds. The summed E-state index contributed by atoms with van der Waals surface area (Å²) in [6.45, 7) is 2.00. The van der Waals surface area contributed by atoms with E-state index in [4.69, 9.17) is 16.2 Å². The number of hydrogen-bond acceptors (Lipinski definition) is 5. The van der Waals surface area contributed by atoms with Gasteiger partial charge in [0.2, 0.25) is 0 Å². The molecule has 0 aliphatic heterocycles. The van der Waals surface area contributed by atoms with Gasteiger partial charge in [-0.25, -0.2) is 9.97 Å². The Kier molecular flexibility index (Phi) is 3.10. The Bertz CT molecular complexity index is 830. The average Bonchev–Trinajstić information content (AvgIpc) is 2.48. The number of hydrogen-bond donors (Lipinski definition) is 2. The Labute approximate surface area is 122 Å². The molecular formula is C16H16N4O. The Morgan fingerprint density at radius 1 is 1.14 bits per heavy atom. The summed E-state index contributed by atoms with van der Waals surface area (Å²) in [6.07, 6.45) is 1.71. The van der Waals surface area contributed by atoms with Crippen molar-refractivity contribution in [2.75, 3.05) is 18.6 Å². The van der Waals surface area contributed by atoms with E-state index in [-0.39, 0.29) is 0 Å². The molecule has 3 rings (SSSR count). The number of nitrogens with zero attached hydrogens (tertiary/aromatic N) is 2. The van der Waals surface area contributed by atoms with E-state index in [1.807, 2.05) is 31.2 Å². The first-order valence-corrected chi connectivity index (χ1v) is 6.56. The molecule has 5 heteroatoms. The third-order valence-corrected chi connectivity index (χ3v) is 3.54. The quantitative estimate of drug-likeness (QED) is 0.753. The average molecular weight is 280 g/mol. The van der Waals surface area contributed by atoms with Crippen molar-refractivity contribution in [2.45, 2.75) is 6.92 Å². The largest absolute Gasteiger partial charge is 0.496 e. The van der Waals surface area contributed by atoms with Gasteiger partial charge < -0.3 is 16.2 Å². The number of methoxy groups -OCH3 is 1. The molecule has 4 N–H and O–H groups in total. The van der Waals surface area contributed by atoms with Crippen molar-refractivity contribution in [3.63, 3.8) is 0 Å². The molecule has 3 aromatic rings. The van der Waals surface area contributed by atoms with Crippen molar-refractivity contribution < 1.29 is 4.74 Å². The molecule has 106 valence electrons. The van der Waals surface area contributed by atoms with E-state index in [1.54, 1.807) is 19.4 Å². The van der Waals surface area contributed by atoms with Gasteiger partial charge in [0.15, 0.2) is 0 Å². The van der Waals surface area contributed by atoms with Crippen molar-refractivity contribution in [3.05, 3.63) is 42.1 Å². The van der Waals surface area contributed by atoms with Gasteiger partial charge in [-0.05, 0) is 25.1 Å². The smallest absolute Gasteiger partial charge is 0.132 e. The van der Waals surface area contributed by atoms with Crippen molar-refractivity contribution in [3.8, 4) is 17.0 Å². The summed E-state index contributed by atoms with van der Waals surface area (Å²) in [6, 6.07) is 9.55. The molecule has 2 aromatic heterocycles. The molecule has 0 saturated carbocycles. The highest BCUT2D eigenvalue weighted by molar-refractivity contribution is 5.94. The van der Waals surface area contributed by atoms with Gasteiger partial charge in [-0.3, -0.25) is 0 Å². The number of fused-ring (bicyclic) bond motifs is 1. The lowest BCUT2D eigenvalue weighted by atomic mass is 10.0. The molecule has 0 bridgehead atoms. The maximum absolute atomic E-state index is 6.06. The molecule has 2 heterocycles. The van der Waals surface area contributed by atoms with Gasteiger partial charge in [0.05, 0.1) is 12.8 Å². The second-order valence-electron chi connectivity index (χ2n) is 4.86. The van der Waals surface area contributed by atoms with Crippen molar-refractivity contribution in [2.24, 2.45) is 0 Å². The van der Waals surface area contributed by atoms with E-state index in [9.17, 15) is 0 Å². The zero-order valence-corrected chi connectivity index (χ0v) is 11.9. The lowest BCUT2D eigenvalue weighted by Gasteiger charge is -2.11. The third-order valence-electron chi connectivity index (χ3n) is 3.54. The molecule has 1 aromatic carbocycles. The monoisotopic (exact) mass is 280 g/mol. The minimum Gasteiger partial charge on any atom is -0.496 e. The lowest BCUT2D eigenvalue weighted by Crippen LogP contribution is -1.98. The molecule has 0 aliphatic rings. The van der Waals surface area contributed by atoms with Crippen LogP contribution in [-0.4, -0.2) is 17.1 Å². The van der Waals surface area contributed by atoms with Gasteiger partial charge in [-0.1, -0.05) is 12.1 Å². The van der Waals surface area contributed by atoms with Crippen molar-refractivity contribution >= 4 is 22.4 Å². The predicted molar refractivity (Wildman–Crippen MR) is 85.1 cm³/mol. The highest BCUT2D eigenvalue weighted by atomic mass is 16.5. The highest BCUT2D eigenvalue weighted by Crippen LogP contribution is 2.32. The number of nitrogens with two attached hydrogens (primary N) is 2. The predicted octanol–water partition coefficient (Wildman–Crippen LogP) is 2.78. The topological polar surface area (TPSA) is 87.0 Å². The number of aromatic nitrogens is 2. The molecule has 5 nitrogen and oxygen atoms in total. The Morgan fingerprint density at radius 3 is 2.71 bits per heavy atom. The van der Waals surface area contributed by atoms with Gasteiger partial charge in [0.1, 0.15) is 17.4 Å². The molecular weight excluding hydrogens is 264 g/mol. The van der Waals surface area contributed by atoms with Crippen LogP contribution in [-0.2, 0) is 0 Å². The Balaban J connectivity index is 2.24. The van der Waals surface area contributed by atoms with E-state index >= 15 is 0 Å². The van der Waals surface area contributed by atoms with Crippen LogP contribution >= 0.6 is 0 Å². The normalized spacial score (nSPS) is 10.8. The number of pyridine rings is 2. The number of nitrogen functional groups attached to an aromatic ring is 2. The van der Waals surface area contributed by atoms with E-state index in [0.717, 1.165) is 33.3 Å². The first-order chi connectivity index (χ1) is 10.1. The third kappa shape index (κ3) is 2.23. The maximum atomic E-state index is 6.06. The number of anilines is 2. The minimum absolute atomic E-state index is 0.432. The summed E-state index contributed by atoms with van der Waals surface area (Å²) < 4.78 is 5.35. The van der Waals surface area contributed by atoms with Gasteiger partial charge >= 0.3 is 0 Å². The van der Waals surface area contributed by atoms with Gasteiger partial charge in [-0.15, -0.1) is 0 Å². The van der Waals surface area contributed by atoms with Crippen LogP contribution in [0.15, 0.2) is 36.5 Å². The maximum Gasteiger partial charge on any atom is 0.132 e. The molecule has 21 heavy (non-hydrogen) atoms. The van der Waals surface area contributed by atoms with Crippen LogP contribution in [0.4, 0.5) is 11.6 Å². The standard InChI is InChI=1S/C16H16N4O/c1-9-11(4-3-5-14(9)21-2)13-6-10-8-19-15(17)7-12(10)16(18)20-13/h3-8H,1-2H3,(H2,17,19)(H2,18,20). The van der Waals surface area contributed by atoms with E-state index in [0.29, 0.717) is 11.6 Å². The Morgan fingerprint density at radius 2 is 1.95 bits per heavy atom. The van der Waals surface area contributed by atoms with Crippen LogP contribution in [0.1, 0.15) is 5.56 Å². The number of benzene rings is 1. The first-order valence-electron chi connectivity index (χ1n) is 6.56. The summed E-state index contributed by atoms with van der Waals surface area (Å²) in [5.41, 5.74) is 14.6. The van der Waals surface area contributed by atoms with Crippen LogP contribution in [0.25, 0.3) is 22.0 Å². The fraction of sp³-hybridized carbons (Fsp3) is 0.125. The lowest BCUT2D eigenvalue weighted by molar-refractivity contribution is 0.412. The summed E-state index contributed by atoms with van der Waals surface area (Å²) in [5, 5.41) is 1.72. The van der Waals surface area contributed by atoms with Crippen molar-refractivity contribution in [1.29, 1.82) is 0 Å².